The summed E-state index contributed by atoms with van der Waals surface area (Å²) in [5, 5.41) is 14.1. The number of rotatable bonds is 11. The number of epoxide rings is 1. The van der Waals surface area contributed by atoms with Gasteiger partial charge in [0.2, 0.25) is 11.8 Å². The van der Waals surface area contributed by atoms with Crippen molar-refractivity contribution in [2.45, 2.75) is 65.5 Å². The summed E-state index contributed by atoms with van der Waals surface area (Å²) in [5.74, 6) is -0.432. The van der Waals surface area contributed by atoms with Crippen LogP contribution >= 0.6 is 0 Å². The molecule has 0 aliphatic carbocycles. The first-order valence-electron chi connectivity index (χ1n) is 9.11. The van der Waals surface area contributed by atoms with Gasteiger partial charge in [-0.25, -0.2) is 0 Å². The number of carbonyl (C=O) groups excluding carboxylic acids is 3. The number of amides is 2. The van der Waals surface area contributed by atoms with Crippen LogP contribution in [0.4, 0.5) is 0 Å². The Labute approximate surface area is 156 Å². The van der Waals surface area contributed by atoms with Gasteiger partial charge >= 0.3 is 0 Å². The van der Waals surface area contributed by atoms with Gasteiger partial charge in [-0.3, -0.25) is 14.4 Å². The van der Waals surface area contributed by atoms with Crippen LogP contribution < -0.4 is 10.6 Å². The minimum absolute atomic E-state index is 0.149. The Hall–Kier alpha value is -1.73. The number of hydrogen-bond acceptors (Lipinski definition) is 5. The highest BCUT2D eigenvalue weighted by atomic mass is 16.6. The molecule has 0 aromatic rings. The Kier molecular flexibility index (Phi) is 12.6. The van der Waals surface area contributed by atoms with Crippen molar-refractivity contribution in [2.75, 3.05) is 19.8 Å². The third-order valence-corrected chi connectivity index (χ3v) is 3.40. The van der Waals surface area contributed by atoms with Crippen molar-refractivity contribution in [3.05, 3.63) is 12.2 Å². The summed E-state index contributed by atoms with van der Waals surface area (Å²) in [6, 6.07) is -1.02. The highest BCUT2D eigenvalue weighted by Gasteiger charge is 2.31. The molecule has 0 bridgehead atoms. The van der Waals surface area contributed by atoms with Gasteiger partial charge in [0.15, 0.2) is 5.78 Å². The summed E-state index contributed by atoms with van der Waals surface area (Å²) in [6.07, 6.45) is 2.68. The van der Waals surface area contributed by atoms with Gasteiger partial charge in [-0.1, -0.05) is 32.3 Å². The average Bonchev–Trinajstić information content (AvgIpc) is 3.38. The highest BCUT2D eigenvalue weighted by Crippen LogP contribution is 2.09. The van der Waals surface area contributed by atoms with Gasteiger partial charge in [-0.05, 0) is 26.2 Å². The normalized spacial score (nSPS) is 16.2. The second-order valence-electron chi connectivity index (χ2n) is 7.16. The van der Waals surface area contributed by atoms with Crippen LogP contribution in [0.3, 0.4) is 0 Å². The van der Waals surface area contributed by atoms with E-state index in [4.69, 9.17) is 4.74 Å². The van der Waals surface area contributed by atoms with Crippen molar-refractivity contribution in [1.82, 2.24) is 10.6 Å². The summed E-state index contributed by atoms with van der Waals surface area (Å²) < 4.78 is 4.81. The molecule has 1 aliphatic rings. The zero-order valence-electron chi connectivity index (χ0n) is 16.5. The van der Waals surface area contributed by atoms with Gasteiger partial charge in [-0.15, -0.1) is 6.58 Å². The van der Waals surface area contributed by atoms with Crippen LogP contribution in [0.2, 0.25) is 0 Å². The summed E-state index contributed by atoms with van der Waals surface area (Å²) in [6.45, 7) is 11.5. The van der Waals surface area contributed by atoms with E-state index in [9.17, 15) is 19.5 Å². The molecule has 7 heteroatoms. The number of carbonyl (C=O) groups is 3. The molecule has 2 amide bonds. The molecule has 0 aromatic heterocycles. The van der Waals surface area contributed by atoms with Gasteiger partial charge < -0.3 is 20.5 Å². The number of ketones is 1. The number of aliphatic hydroxyl groups excluding tert-OH is 1. The second kappa shape index (κ2) is 13.5. The summed E-state index contributed by atoms with van der Waals surface area (Å²) in [4.78, 5) is 34.9. The fourth-order valence-corrected chi connectivity index (χ4v) is 1.94. The maximum absolute atomic E-state index is 11.8. The molecular formula is C19H34N2O5. The van der Waals surface area contributed by atoms with Crippen molar-refractivity contribution in [2.24, 2.45) is 5.92 Å². The number of unbranched alkanes of at least 4 members (excludes halogenated alkanes) is 1. The fraction of sp³-hybridized carbons (Fsp3) is 0.737. The van der Waals surface area contributed by atoms with E-state index in [-0.39, 0.29) is 18.2 Å². The minimum Gasteiger partial charge on any atom is -0.394 e. The predicted octanol–water partition coefficient (Wildman–Crippen LogP) is 1.35. The molecule has 0 saturated carbocycles. The molecule has 1 saturated heterocycles. The summed E-state index contributed by atoms with van der Waals surface area (Å²) >= 11 is 0. The van der Waals surface area contributed by atoms with Crippen molar-refractivity contribution in [3.63, 3.8) is 0 Å². The largest absolute Gasteiger partial charge is 0.394 e. The van der Waals surface area contributed by atoms with Gasteiger partial charge in [0.25, 0.3) is 0 Å². The molecule has 26 heavy (non-hydrogen) atoms. The number of ether oxygens (including phenoxy) is 1. The Morgan fingerprint density at radius 2 is 1.81 bits per heavy atom. The van der Waals surface area contributed by atoms with Crippen molar-refractivity contribution in [3.8, 4) is 0 Å². The van der Waals surface area contributed by atoms with E-state index in [1.54, 1.807) is 0 Å². The summed E-state index contributed by atoms with van der Waals surface area (Å²) in [7, 11) is 0. The first-order chi connectivity index (χ1) is 12.2. The number of nitrogens with one attached hydrogen (secondary N) is 2. The van der Waals surface area contributed by atoms with E-state index < -0.39 is 24.7 Å². The van der Waals surface area contributed by atoms with Gasteiger partial charge in [0.05, 0.1) is 19.8 Å². The lowest BCUT2D eigenvalue weighted by Crippen LogP contribution is -2.50. The van der Waals surface area contributed by atoms with Crippen LogP contribution in [0.5, 0.6) is 0 Å². The van der Waals surface area contributed by atoms with Crippen molar-refractivity contribution < 1.29 is 24.2 Å². The Morgan fingerprint density at radius 3 is 2.27 bits per heavy atom. The van der Waals surface area contributed by atoms with Crippen LogP contribution in [0.15, 0.2) is 12.2 Å². The van der Waals surface area contributed by atoms with Crippen molar-refractivity contribution >= 4 is 17.6 Å². The maximum atomic E-state index is 11.8. The average molecular weight is 370 g/mol. The van der Waals surface area contributed by atoms with Crippen LogP contribution in [-0.2, 0) is 19.1 Å². The molecule has 1 heterocycles. The van der Waals surface area contributed by atoms with E-state index in [1.807, 2.05) is 13.8 Å². The second-order valence-corrected chi connectivity index (χ2v) is 7.16. The quantitative estimate of drug-likeness (QED) is 0.289. The Morgan fingerprint density at radius 1 is 1.23 bits per heavy atom. The molecule has 1 rings (SSSR count). The molecular weight excluding hydrogens is 336 g/mol. The maximum Gasteiger partial charge on any atom is 0.245 e. The standard InChI is InChI=1S/C15H26N2O5.C4H8/c1-10(2)5-3-4-6-14(20)17-11(8-18)15(21)16-7-12(19)13-9-22-13;1-4(2)3/h10-11,13,18H,3-9H2,1-2H3,(H,16,21)(H,17,20);1H2,2-3H3. The third kappa shape index (κ3) is 13.5. The Bertz CT molecular complexity index is 469. The Balaban J connectivity index is 0.00000141. The van der Waals surface area contributed by atoms with Gasteiger partial charge in [0.1, 0.15) is 12.1 Å². The number of hydrogen-bond donors (Lipinski definition) is 3. The zero-order chi connectivity index (χ0) is 20.1. The molecule has 2 unspecified atom stereocenters. The van der Waals surface area contributed by atoms with Gasteiger partial charge in [0, 0.05) is 6.42 Å². The highest BCUT2D eigenvalue weighted by molar-refractivity contribution is 5.93. The molecule has 1 fully saturated rings. The minimum atomic E-state index is -1.02. The molecule has 0 spiro atoms. The van der Waals surface area contributed by atoms with Crippen molar-refractivity contribution in [1.29, 1.82) is 0 Å². The van der Waals surface area contributed by atoms with Crippen LogP contribution in [-0.4, -0.2) is 54.6 Å². The number of allylic oxidation sites excluding steroid dienone is 1. The number of aliphatic hydroxyl groups is 1. The first-order valence-corrected chi connectivity index (χ1v) is 9.11. The van der Waals surface area contributed by atoms with Crippen LogP contribution in [0, 0.1) is 5.92 Å². The summed E-state index contributed by atoms with van der Waals surface area (Å²) in [5.41, 5.74) is 1.17. The monoisotopic (exact) mass is 370 g/mol. The lowest BCUT2D eigenvalue weighted by atomic mass is 10.1. The van der Waals surface area contributed by atoms with E-state index in [1.165, 1.54) is 5.57 Å². The molecule has 3 N–H and O–H groups in total. The SMILES string of the molecule is C=C(C)C.CC(C)CCCCC(=O)NC(CO)C(=O)NCC(=O)C1CO1. The smallest absolute Gasteiger partial charge is 0.245 e. The van der Waals surface area contributed by atoms with Gasteiger partial charge in [-0.2, -0.15) is 0 Å². The van der Waals surface area contributed by atoms with E-state index >= 15 is 0 Å². The zero-order valence-corrected chi connectivity index (χ0v) is 16.5. The fourth-order valence-electron chi connectivity index (χ4n) is 1.94. The third-order valence-electron chi connectivity index (χ3n) is 3.40. The first kappa shape index (κ1) is 24.3. The lowest BCUT2D eigenvalue weighted by Gasteiger charge is -2.16. The molecule has 0 radical (unpaired) electrons. The van der Waals surface area contributed by atoms with E-state index in [2.05, 4.69) is 31.1 Å². The molecule has 2 atom stereocenters. The van der Waals surface area contributed by atoms with E-state index in [0.29, 0.717) is 18.9 Å². The van der Waals surface area contributed by atoms with Crippen LogP contribution in [0.1, 0.15) is 53.4 Å². The van der Waals surface area contributed by atoms with E-state index in [0.717, 1.165) is 19.3 Å². The molecule has 0 aromatic carbocycles. The topological polar surface area (TPSA) is 108 Å². The molecule has 150 valence electrons. The van der Waals surface area contributed by atoms with Crippen LogP contribution in [0.25, 0.3) is 0 Å². The number of Topliss-reactive ketones (excluding diaryl/α,β-unsaturated/α-hetero) is 1. The molecule has 1 aliphatic heterocycles. The lowest BCUT2D eigenvalue weighted by molar-refractivity contribution is -0.131. The predicted molar refractivity (Wildman–Crippen MR) is 101 cm³/mol. The molecule has 7 nitrogen and oxygen atoms in total.